The molecule has 30 heavy (non-hydrogen) atoms. The molecule has 0 fully saturated rings. The van der Waals surface area contributed by atoms with Crippen LogP contribution in [0.5, 0.6) is 0 Å². The van der Waals surface area contributed by atoms with Crippen molar-refractivity contribution in [2.75, 3.05) is 18.5 Å². The van der Waals surface area contributed by atoms with Crippen LogP contribution in [0.1, 0.15) is 0 Å². The lowest BCUT2D eigenvalue weighted by atomic mass is 10.1. The van der Waals surface area contributed by atoms with Crippen molar-refractivity contribution in [1.29, 1.82) is 0 Å². The zero-order chi connectivity index (χ0) is 21.3. The van der Waals surface area contributed by atoms with E-state index >= 15 is 0 Å². The number of H-pyrrole nitrogens is 1. The number of aliphatic hydroxyl groups excluding tert-OH is 1. The second-order valence-corrected chi connectivity index (χ2v) is 8.07. The van der Waals surface area contributed by atoms with Gasteiger partial charge < -0.3 is 15.4 Å². The number of fused-ring (bicyclic) bond motifs is 1. The highest BCUT2D eigenvalue weighted by Crippen LogP contribution is 2.25. The van der Waals surface area contributed by atoms with Gasteiger partial charge in [0.1, 0.15) is 11.5 Å². The van der Waals surface area contributed by atoms with Crippen LogP contribution in [0.25, 0.3) is 27.8 Å². The fourth-order valence-electron chi connectivity index (χ4n) is 3.07. The van der Waals surface area contributed by atoms with E-state index in [9.17, 15) is 13.2 Å². The quantitative estimate of drug-likeness (QED) is 0.356. The highest BCUT2D eigenvalue weighted by Gasteiger charge is 2.13. The fraction of sp³-hybridized carbons (Fsp3) is 0.105. The number of primary sulfonamides is 1. The summed E-state index contributed by atoms with van der Waals surface area (Å²) in [5, 5.41) is 25.9. The number of hydrogen-bond donors (Lipinski definition) is 4. The van der Waals surface area contributed by atoms with E-state index in [0.29, 0.717) is 40.2 Å². The zero-order valence-electron chi connectivity index (χ0n) is 15.6. The van der Waals surface area contributed by atoms with Crippen molar-refractivity contribution < 1.29 is 13.5 Å². The third-order valence-corrected chi connectivity index (χ3v) is 5.42. The van der Waals surface area contributed by atoms with Crippen molar-refractivity contribution in [3.63, 3.8) is 0 Å². The molecule has 0 saturated carbocycles. The summed E-state index contributed by atoms with van der Waals surface area (Å²) in [6.45, 7) is 0.231. The van der Waals surface area contributed by atoms with Crippen molar-refractivity contribution in [2.24, 2.45) is 5.14 Å². The Labute approximate surface area is 171 Å². The monoisotopic (exact) mass is 426 g/mol. The van der Waals surface area contributed by atoms with Gasteiger partial charge in [0, 0.05) is 23.6 Å². The molecule has 0 spiro atoms. The maximum absolute atomic E-state index is 12.5. The molecular formula is C19H18N6O4S. The minimum atomic E-state index is -3.78. The molecule has 0 atom stereocenters. The Hall–Kier alpha value is -3.54. The predicted octanol–water partition coefficient (Wildman–Crippen LogP) is 0.827. The maximum atomic E-state index is 12.5. The van der Waals surface area contributed by atoms with E-state index in [1.165, 1.54) is 22.9 Å². The molecule has 5 N–H and O–H groups in total. The standard InChI is InChI=1S/C19H18N6O4S/c20-30(28,29)13-6-4-12(5-7-13)25-11-16(23-24-25)14-2-1-3-15-17(27)10-18(21-8-9-26)22-19(14)15/h1-7,10-11,26H,8-9H2,(H2,20,28,29)(H2,21,22,27). The Morgan fingerprint density at radius 2 is 1.93 bits per heavy atom. The molecule has 2 aromatic carbocycles. The Kier molecular flexibility index (Phi) is 5.08. The largest absolute Gasteiger partial charge is 0.395 e. The summed E-state index contributed by atoms with van der Waals surface area (Å²) in [7, 11) is -3.78. The molecular weight excluding hydrogens is 408 g/mol. The molecule has 4 aromatic rings. The summed E-state index contributed by atoms with van der Waals surface area (Å²) in [4.78, 5) is 15.6. The lowest BCUT2D eigenvalue weighted by molar-refractivity contribution is 0.311. The van der Waals surface area contributed by atoms with Crippen LogP contribution in [0, 0.1) is 0 Å². The zero-order valence-corrected chi connectivity index (χ0v) is 16.4. The number of hydrogen-bond acceptors (Lipinski definition) is 7. The van der Waals surface area contributed by atoms with Gasteiger partial charge in [0.05, 0.1) is 28.9 Å². The molecule has 0 unspecified atom stereocenters. The molecule has 0 amide bonds. The lowest BCUT2D eigenvalue weighted by Gasteiger charge is -2.08. The Morgan fingerprint density at radius 1 is 1.17 bits per heavy atom. The number of anilines is 1. The average Bonchev–Trinajstić information content (AvgIpc) is 3.21. The second kappa shape index (κ2) is 7.71. The van der Waals surface area contributed by atoms with E-state index < -0.39 is 10.0 Å². The molecule has 0 saturated heterocycles. The third kappa shape index (κ3) is 3.81. The van der Waals surface area contributed by atoms with Gasteiger partial charge in [-0.2, -0.15) is 0 Å². The number of nitrogens with zero attached hydrogens (tertiary/aromatic N) is 3. The van der Waals surface area contributed by atoms with Gasteiger partial charge in [-0.15, -0.1) is 5.10 Å². The number of benzene rings is 2. The normalized spacial score (nSPS) is 11.7. The highest BCUT2D eigenvalue weighted by atomic mass is 32.2. The van der Waals surface area contributed by atoms with E-state index in [1.807, 2.05) is 6.07 Å². The van der Waals surface area contributed by atoms with Crippen LogP contribution in [-0.2, 0) is 10.0 Å². The summed E-state index contributed by atoms with van der Waals surface area (Å²) in [6, 6.07) is 12.6. The van der Waals surface area contributed by atoms with E-state index in [0.717, 1.165) is 0 Å². The van der Waals surface area contributed by atoms with Gasteiger partial charge in [-0.1, -0.05) is 17.3 Å². The maximum Gasteiger partial charge on any atom is 0.238 e. The van der Waals surface area contributed by atoms with E-state index in [1.54, 1.807) is 30.5 Å². The van der Waals surface area contributed by atoms with Crippen molar-refractivity contribution in [3.8, 4) is 16.9 Å². The van der Waals surface area contributed by atoms with E-state index in [-0.39, 0.29) is 16.9 Å². The molecule has 4 rings (SSSR count). The van der Waals surface area contributed by atoms with Crippen LogP contribution in [0.2, 0.25) is 0 Å². The van der Waals surface area contributed by atoms with Gasteiger partial charge in [-0.25, -0.2) is 18.2 Å². The minimum absolute atomic E-state index is 0.00104. The predicted molar refractivity (Wildman–Crippen MR) is 112 cm³/mol. The number of aromatic nitrogens is 4. The van der Waals surface area contributed by atoms with Gasteiger partial charge in [0.25, 0.3) is 0 Å². The summed E-state index contributed by atoms with van der Waals surface area (Å²) in [5.74, 6) is 0.486. The molecule has 0 aliphatic rings. The van der Waals surface area contributed by atoms with Gasteiger partial charge in [-0.05, 0) is 30.3 Å². The van der Waals surface area contributed by atoms with Crippen LogP contribution >= 0.6 is 0 Å². The molecule has 11 heteroatoms. The fourth-order valence-corrected chi connectivity index (χ4v) is 3.59. The van der Waals surface area contributed by atoms with Gasteiger partial charge >= 0.3 is 0 Å². The number of nitrogens with one attached hydrogen (secondary N) is 2. The number of aliphatic hydroxyl groups is 1. The van der Waals surface area contributed by atoms with Gasteiger partial charge in [0.2, 0.25) is 10.0 Å². The summed E-state index contributed by atoms with van der Waals surface area (Å²) < 4.78 is 24.3. The average molecular weight is 426 g/mol. The summed E-state index contributed by atoms with van der Waals surface area (Å²) >= 11 is 0. The molecule has 2 heterocycles. The van der Waals surface area contributed by atoms with Crippen LogP contribution in [0.15, 0.2) is 64.4 Å². The topological polar surface area (TPSA) is 156 Å². The first kappa shape index (κ1) is 19.8. The minimum Gasteiger partial charge on any atom is -0.395 e. The number of aromatic amines is 1. The Morgan fingerprint density at radius 3 is 2.63 bits per heavy atom. The lowest BCUT2D eigenvalue weighted by Crippen LogP contribution is -2.12. The molecule has 0 bridgehead atoms. The second-order valence-electron chi connectivity index (χ2n) is 6.51. The van der Waals surface area contributed by atoms with Crippen molar-refractivity contribution >= 4 is 26.7 Å². The molecule has 154 valence electrons. The summed E-state index contributed by atoms with van der Waals surface area (Å²) in [5.41, 5.74) is 2.20. The molecule has 0 radical (unpaired) electrons. The number of rotatable bonds is 6. The van der Waals surface area contributed by atoms with Crippen LogP contribution < -0.4 is 15.9 Å². The number of sulfonamides is 1. The first-order valence-electron chi connectivity index (χ1n) is 8.93. The number of para-hydroxylation sites is 1. The third-order valence-electron chi connectivity index (χ3n) is 4.49. The Balaban J connectivity index is 1.76. The van der Waals surface area contributed by atoms with Crippen molar-refractivity contribution in [2.45, 2.75) is 4.90 Å². The number of nitrogens with two attached hydrogens (primary N) is 1. The van der Waals surface area contributed by atoms with Gasteiger partial charge in [0.15, 0.2) is 5.43 Å². The smallest absolute Gasteiger partial charge is 0.238 e. The first-order chi connectivity index (χ1) is 14.4. The highest BCUT2D eigenvalue weighted by molar-refractivity contribution is 7.89. The van der Waals surface area contributed by atoms with Crippen LogP contribution in [0.4, 0.5) is 5.82 Å². The molecule has 10 nitrogen and oxygen atoms in total. The van der Waals surface area contributed by atoms with E-state index in [2.05, 4.69) is 20.6 Å². The van der Waals surface area contributed by atoms with Crippen molar-refractivity contribution in [3.05, 3.63) is 65.0 Å². The Bertz CT molecular complexity index is 1380. The molecule has 0 aliphatic carbocycles. The van der Waals surface area contributed by atoms with Crippen LogP contribution in [0.3, 0.4) is 0 Å². The van der Waals surface area contributed by atoms with E-state index in [4.69, 9.17) is 10.2 Å². The number of pyridine rings is 1. The molecule has 0 aliphatic heterocycles. The molecule has 2 aromatic heterocycles. The van der Waals surface area contributed by atoms with Crippen molar-refractivity contribution in [1.82, 2.24) is 20.0 Å². The first-order valence-corrected chi connectivity index (χ1v) is 10.5. The van der Waals surface area contributed by atoms with Gasteiger partial charge in [-0.3, -0.25) is 4.79 Å². The van der Waals surface area contributed by atoms with Crippen LogP contribution in [-0.4, -0.2) is 46.7 Å². The summed E-state index contributed by atoms with van der Waals surface area (Å²) in [6.07, 6.45) is 1.67. The SMILES string of the molecule is NS(=O)(=O)c1ccc(-n2cc(-c3cccc4c(=O)cc(NCCO)[nH]c34)nn2)cc1.